The molecule has 1 atom stereocenters. The van der Waals surface area contributed by atoms with E-state index in [0.717, 1.165) is 46.7 Å². The zero-order valence-electron chi connectivity index (χ0n) is 21.4. The average Bonchev–Trinajstić information content (AvgIpc) is 3.72. The van der Waals surface area contributed by atoms with Crippen molar-refractivity contribution >= 4 is 40.3 Å². The highest BCUT2D eigenvalue weighted by molar-refractivity contribution is 7.13. The Kier molecular flexibility index (Phi) is 9.45. The molecule has 200 valence electrons. The maximum atomic E-state index is 12.9. The van der Waals surface area contributed by atoms with Crippen LogP contribution in [0.25, 0.3) is 21.5 Å². The van der Waals surface area contributed by atoms with Crippen molar-refractivity contribution in [3.63, 3.8) is 0 Å². The molecule has 38 heavy (non-hydrogen) atoms. The van der Waals surface area contributed by atoms with E-state index >= 15 is 0 Å². The Morgan fingerprint density at radius 2 is 2.03 bits per heavy atom. The molecule has 1 saturated heterocycles. The first-order valence-electron chi connectivity index (χ1n) is 12.7. The minimum Gasteiger partial charge on any atom is -0.391 e. The lowest BCUT2D eigenvalue weighted by Crippen LogP contribution is -2.34. The molecule has 1 unspecified atom stereocenters. The van der Waals surface area contributed by atoms with Crippen LogP contribution in [0.5, 0.6) is 0 Å². The Morgan fingerprint density at radius 3 is 2.71 bits per heavy atom. The summed E-state index contributed by atoms with van der Waals surface area (Å²) in [6.07, 6.45) is 3.39. The fourth-order valence-electron chi connectivity index (χ4n) is 4.40. The van der Waals surface area contributed by atoms with Crippen LogP contribution in [-0.2, 0) is 17.8 Å². The summed E-state index contributed by atoms with van der Waals surface area (Å²) in [4.78, 5) is 25.6. The van der Waals surface area contributed by atoms with Crippen LogP contribution in [0.15, 0.2) is 58.4 Å². The minimum absolute atomic E-state index is 0.101. The number of amides is 2. The third-order valence-corrected chi connectivity index (χ3v) is 7.17. The number of para-hydroxylation sites is 1. The topological polar surface area (TPSA) is 124 Å². The summed E-state index contributed by atoms with van der Waals surface area (Å²) in [5, 5.41) is 27.4. The van der Waals surface area contributed by atoms with Crippen molar-refractivity contribution in [1.29, 1.82) is 5.41 Å². The maximum absolute atomic E-state index is 12.9. The number of aliphatic hydroxyl groups is 1. The zero-order chi connectivity index (χ0) is 26.9. The number of fused-ring (bicyclic) bond motifs is 1. The van der Waals surface area contributed by atoms with Gasteiger partial charge in [-0.25, -0.2) is 0 Å². The van der Waals surface area contributed by atoms with Gasteiger partial charge in [0.05, 0.1) is 16.7 Å². The Hall–Kier alpha value is -3.76. The van der Waals surface area contributed by atoms with Crippen LogP contribution in [0.2, 0.25) is 0 Å². The summed E-state index contributed by atoms with van der Waals surface area (Å²) in [6.45, 7) is 4.25. The van der Waals surface area contributed by atoms with Gasteiger partial charge in [0.15, 0.2) is 5.76 Å². The van der Waals surface area contributed by atoms with Crippen LogP contribution in [-0.4, -0.2) is 63.5 Å². The minimum atomic E-state index is -0.773. The number of nitrogens with zero attached hydrogens (tertiary/aromatic N) is 3. The molecule has 1 aliphatic heterocycles. The van der Waals surface area contributed by atoms with Gasteiger partial charge in [0, 0.05) is 61.7 Å². The fraction of sp³-hybridized carbons (Fsp3) is 0.357. The third-order valence-electron chi connectivity index (χ3n) is 6.29. The van der Waals surface area contributed by atoms with E-state index in [9.17, 15) is 14.7 Å². The lowest BCUT2D eigenvalue weighted by atomic mass is 10.2. The molecular formula is C28H33N5O4S. The highest BCUT2D eigenvalue weighted by Crippen LogP contribution is 2.26. The summed E-state index contributed by atoms with van der Waals surface area (Å²) in [6, 6.07) is 15.6. The van der Waals surface area contributed by atoms with Gasteiger partial charge < -0.3 is 29.8 Å². The Labute approximate surface area is 225 Å². The molecule has 0 aliphatic carbocycles. The van der Waals surface area contributed by atoms with Gasteiger partial charge in [-0.15, -0.1) is 11.3 Å². The number of aryl methyl sites for hydroxylation is 2. The number of hydrogen-bond donors (Lipinski definition) is 3. The average molecular weight is 536 g/mol. The van der Waals surface area contributed by atoms with E-state index in [1.807, 2.05) is 58.5 Å². The first-order chi connectivity index (χ1) is 18.4. The number of aromatic nitrogens is 2. The van der Waals surface area contributed by atoms with Gasteiger partial charge >= 0.3 is 0 Å². The Morgan fingerprint density at radius 1 is 1.24 bits per heavy atom. The van der Waals surface area contributed by atoms with Gasteiger partial charge in [0.1, 0.15) is 5.69 Å². The van der Waals surface area contributed by atoms with Gasteiger partial charge in [0.25, 0.3) is 5.91 Å². The second kappa shape index (κ2) is 13.2. The number of rotatable bonds is 10. The highest BCUT2D eigenvalue weighted by Gasteiger charge is 2.17. The summed E-state index contributed by atoms with van der Waals surface area (Å²) in [7, 11) is 0. The maximum Gasteiger partial charge on any atom is 0.268 e. The third kappa shape index (κ3) is 7.17. The second-order valence-electron chi connectivity index (χ2n) is 9.35. The van der Waals surface area contributed by atoms with Crippen molar-refractivity contribution in [2.45, 2.75) is 45.3 Å². The van der Waals surface area contributed by atoms with Gasteiger partial charge in [-0.3, -0.25) is 9.59 Å². The van der Waals surface area contributed by atoms with Crippen molar-refractivity contribution in [3.05, 3.63) is 65.3 Å². The van der Waals surface area contributed by atoms with E-state index in [4.69, 9.17) is 9.93 Å². The molecule has 4 aromatic rings. The molecule has 3 N–H and O–H groups in total. The normalized spacial score (nSPS) is 13.7. The Balaban J connectivity index is 0.000000417. The molecular weight excluding hydrogens is 502 g/mol. The molecule has 0 radical (unpaired) electrons. The highest BCUT2D eigenvalue weighted by atomic mass is 32.1. The van der Waals surface area contributed by atoms with Crippen molar-refractivity contribution in [2.24, 2.45) is 0 Å². The van der Waals surface area contributed by atoms with E-state index in [2.05, 4.69) is 10.5 Å². The van der Waals surface area contributed by atoms with Crippen molar-refractivity contribution in [1.82, 2.24) is 19.9 Å². The molecule has 1 aliphatic rings. The van der Waals surface area contributed by atoms with Gasteiger partial charge in [-0.2, -0.15) is 0 Å². The predicted octanol–water partition coefficient (Wildman–Crippen LogP) is 4.36. The van der Waals surface area contributed by atoms with Crippen LogP contribution in [0.3, 0.4) is 0 Å². The fourth-order valence-corrected chi connectivity index (χ4v) is 5.08. The van der Waals surface area contributed by atoms with Gasteiger partial charge in [-0.1, -0.05) is 29.4 Å². The van der Waals surface area contributed by atoms with E-state index in [0.29, 0.717) is 24.4 Å². The summed E-state index contributed by atoms with van der Waals surface area (Å²) < 4.78 is 7.44. The number of aliphatic hydroxyl groups excluding tert-OH is 1. The molecule has 3 aromatic heterocycles. The van der Waals surface area contributed by atoms with Crippen LogP contribution < -0.4 is 5.32 Å². The SMILES string of the molecule is CC(=N)CC(O)CNC(=O)c1cc2ccccc2n1CCc1cc(-c2cccs2)on1.O=CN1CCCC1. The molecule has 0 saturated carbocycles. The molecule has 1 fully saturated rings. The lowest BCUT2D eigenvalue weighted by molar-refractivity contribution is -0.117. The van der Waals surface area contributed by atoms with Crippen LogP contribution in [0, 0.1) is 5.41 Å². The molecule has 4 heterocycles. The number of carbonyl (C=O) groups excluding carboxylic acids is 2. The predicted molar refractivity (Wildman–Crippen MR) is 149 cm³/mol. The second-order valence-corrected chi connectivity index (χ2v) is 10.3. The summed E-state index contributed by atoms with van der Waals surface area (Å²) >= 11 is 1.60. The molecule has 0 bridgehead atoms. The van der Waals surface area contributed by atoms with Crippen molar-refractivity contribution in [2.75, 3.05) is 19.6 Å². The molecule has 10 heteroatoms. The van der Waals surface area contributed by atoms with E-state index < -0.39 is 6.10 Å². The van der Waals surface area contributed by atoms with Crippen LogP contribution in [0.1, 0.15) is 42.4 Å². The number of benzene rings is 1. The molecule has 1 aromatic carbocycles. The van der Waals surface area contributed by atoms with Gasteiger partial charge in [0.2, 0.25) is 6.41 Å². The van der Waals surface area contributed by atoms with Crippen LogP contribution >= 0.6 is 11.3 Å². The first-order valence-corrected chi connectivity index (χ1v) is 13.6. The van der Waals surface area contributed by atoms with Crippen molar-refractivity contribution in [3.8, 4) is 10.6 Å². The number of hydrogen-bond acceptors (Lipinski definition) is 7. The first kappa shape index (κ1) is 27.3. The molecule has 2 amide bonds. The van der Waals surface area contributed by atoms with Crippen molar-refractivity contribution < 1.29 is 19.2 Å². The zero-order valence-corrected chi connectivity index (χ0v) is 22.2. The number of carbonyl (C=O) groups is 2. The van der Waals surface area contributed by atoms with E-state index in [1.54, 1.807) is 23.2 Å². The molecule has 5 rings (SSSR count). The Bertz CT molecular complexity index is 1350. The number of likely N-dealkylation sites (tertiary alicyclic amines) is 1. The molecule has 9 nitrogen and oxygen atoms in total. The van der Waals surface area contributed by atoms with E-state index in [-0.39, 0.29) is 18.9 Å². The smallest absolute Gasteiger partial charge is 0.268 e. The monoisotopic (exact) mass is 535 g/mol. The van der Waals surface area contributed by atoms with Crippen LogP contribution in [0.4, 0.5) is 0 Å². The number of nitrogens with one attached hydrogen (secondary N) is 2. The lowest BCUT2D eigenvalue weighted by Gasteiger charge is -2.13. The molecule has 0 spiro atoms. The van der Waals surface area contributed by atoms with E-state index in [1.165, 1.54) is 12.8 Å². The number of thiophene rings is 1. The largest absolute Gasteiger partial charge is 0.391 e. The summed E-state index contributed by atoms with van der Waals surface area (Å²) in [5.41, 5.74) is 2.70. The summed E-state index contributed by atoms with van der Waals surface area (Å²) in [5.74, 6) is 0.494. The quantitative estimate of drug-likeness (QED) is 0.206. The van der Waals surface area contributed by atoms with Gasteiger partial charge in [-0.05, 0) is 43.3 Å². The standard InChI is InChI=1S/C23H24N4O3S.C5H9NO/c1-15(24)11-18(28)14-25-23(29)20-12-16-5-2-3-6-19(16)27(20)9-8-17-13-21(30-26-17)22-7-4-10-31-22;7-5-6-3-1-2-4-6/h2-7,10,12-13,18,24,28H,8-9,11,14H2,1H3,(H,25,29);5H,1-4H2.